The van der Waals surface area contributed by atoms with E-state index in [1.165, 1.54) is 19.3 Å². The third-order valence-electron chi connectivity index (χ3n) is 3.73. The van der Waals surface area contributed by atoms with Crippen molar-refractivity contribution in [2.45, 2.75) is 25.3 Å². The number of guanidine groups is 1. The van der Waals surface area contributed by atoms with Gasteiger partial charge in [-0.15, -0.1) is 12.4 Å². The van der Waals surface area contributed by atoms with Crippen LogP contribution in [0.25, 0.3) is 0 Å². The molecule has 1 N–H and O–H groups in total. The predicted octanol–water partition coefficient (Wildman–Crippen LogP) is 3.90. The van der Waals surface area contributed by atoms with Crippen LogP contribution >= 0.6 is 35.6 Å². The van der Waals surface area contributed by atoms with Crippen molar-refractivity contribution in [3.63, 3.8) is 0 Å². The van der Waals surface area contributed by atoms with Crippen molar-refractivity contribution >= 4 is 41.6 Å². The second kappa shape index (κ2) is 6.88. The lowest BCUT2D eigenvalue weighted by Gasteiger charge is -2.29. The Kier molecular flexibility index (Phi) is 5.42. The number of rotatable bonds is 1. The molecule has 1 unspecified atom stereocenters. The van der Waals surface area contributed by atoms with Crippen molar-refractivity contribution in [2.75, 3.05) is 19.6 Å². The van der Waals surface area contributed by atoms with E-state index < -0.39 is 0 Å². The SMILES string of the molecule is Cl.Clc1cccc(Cl)c1C1CN=C(N2CCCCC2)N1. The summed E-state index contributed by atoms with van der Waals surface area (Å²) in [4.78, 5) is 6.94. The Morgan fingerprint density at radius 2 is 1.75 bits per heavy atom. The number of hydrogen-bond donors (Lipinski definition) is 1. The molecule has 1 fully saturated rings. The van der Waals surface area contributed by atoms with Gasteiger partial charge in [0.15, 0.2) is 5.96 Å². The summed E-state index contributed by atoms with van der Waals surface area (Å²) in [5, 5.41) is 4.88. The van der Waals surface area contributed by atoms with Crippen LogP contribution in [0.2, 0.25) is 10.0 Å². The monoisotopic (exact) mass is 333 g/mol. The van der Waals surface area contributed by atoms with Gasteiger partial charge in [0.25, 0.3) is 0 Å². The smallest absolute Gasteiger partial charge is 0.194 e. The Bertz CT molecular complexity index is 478. The maximum atomic E-state index is 6.25. The maximum Gasteiger partial charge on any atom is 0.194 e. The number of hydrogen-bond acceptors (Lipinski definition) is 3. The number of nitrogens with one attached hydrogen (secondary N) is 1. The first-order valence-corrected chi connectivity index (χ1v) is 7.51. The summed E-state index contributed by atoms with van der Waals surface area (Å²) >= 11 is 12.5. The number of benzene rings is 1. The van der Waals surface area contributed by atoms with Gasteiger partial charge in [0.2, 0.25) is 0 Å². The summed E-state index contributed by atoms with van der Waals surface area (Å²) in [6, 6.07) is 5.72. The van der Waals surface area contributed by atoms with Crippen molar-refractivity contribution in [1.29, 1.82) is 0 Å². The van der Waals surface area contributed by atoms with E-state index in [2.05, 4.69) is 15.2 Å². The molecule has 0 aromatic heterocycles. The standard InChI is InChI=1S/C14H17Cl2N3.ClH/c15-10-5-4-6-11(16)13(10)12-9-17-14(18-12)19-7-2-1-3-8-19;/h4-6,12H,1-3,7-9H2,(H,17,18);1H. The third-order valence-corrected chi connectivity index (χ3v) is 4.39. The van der Waals surface area contributed by atoms with E-state index >= 15 is 0 Å². The highest BCUT2D eigenvalue weighted by Gasteiger charge is 2.26. The molecule has 1 aromatic carbocycles. The van der Waals surface area contributed by atoms with Gasteiger partial charge in [-0.1, -0.05) is 29.3 Å². The highest BCUT2D eigenvalue weighted by Crippen LogP contribution is 2.32. The molecule has 1 atom stereocenters. The molecule has 0 bridgehead atoms. The fourth-order valence-corrected chi connectivity index (χ4v) is 3.39. The van der Waals surface area contributed by atoms with Crippen molar-refractivity contribution in [3.05, 3.63) is 33.8 Å². The van der Waals surface area contributed by atoms with E-state index in [1.807, 2.05) is 18.2 Å². The van der Waals surface area contributed by atoms with Crippen molar-refractivity contribution in [3.8, 4) is 0 Å². The molecule has 110 valence electrons. The average molecular weight is 335 g/mol. The summed E-state index contributed by atoms with van der Waals surface area (Å²) < 4.78 is 0. The van der Waals surface area contributed by atoms with Gasteiger partial charge < -0.3 is 10.2 Å². The maximum absolute atomic E-state index is 6.25. The van der Waals surface area contributed by atoms with E-state index in [0.29, 0.717) is 16.6 Å². The van der Waals surface area contributed by atoms with Gasteiger partial charge in [-0.05, 0) is 31.4 Å². The van der Waals surface area contributed by atoms with Crippen LogP contribution in [-0.2, 0) is 0 Å². The van der Waals surface area contributed by atoms with E-state index in [-0.39, 0.29) is 18.4 Å². The van der Waals surface area contributed by atoms with Gasteiger partial charge in [0.1, 0.15) is 0 Å². The van der Waals surface area contributed by atoms with Crippen LogP contribution in [0.15, 0.2) is 23.2 Å². The summed E-state index contributed by atoms with van der Waals surface area (Å²) in [5.74, 6) is 1.00. The minimum Gasteiger partial charge on any atom is -0.347 e. The minimum absolute atomic E-state index is 0. The summed E-state index contributed by atoms with van der Waals surface area (Å²) in [6.07, 6.45) is 3.82. The molecular formula is C14H18Cl3N3. The number of halogens is 3. The highest BCUT2D eigenvalue weighted by atomic mass is 35.5. The summed E-state index contributed by atoms with van der Waals surface area (Å²) in [6.45, 7) is 2.89. The molecular weight excluding hydrogens is 317 g/mol. The molecule has 3 rings (SSSR count). The predicted molar refractivity (Wildman–Crippen MR) is 87.3 cm³/mol. The van der Waals surface area contributed by atoms with Gasteiger partial charge in [0.05, 0.1) is 12.6 Å². The second-order valence-corrected chi connectivity index (χ2v) is 5.86. The number of aliphatic imine (C=N–C) groups is 1. The fraction of sp³-hybridized carbons (Fsp3) is 0.500. The van der Waals surface area contributed by atoms with E-state index in [4.69, 9.17) is 23.2 Å². The molecule has 6 heteroatoms. The van der Waals surface area contributed by atoms with Crippen LogP contribution in [0.5, 0.6) is 0 Å². The Hall–Kier alpha value is -0.640. The van der Waals surface area contributed by atoms with Crippen molar-refractivity contribution in [2.24, 2.45) is 4.99 Å². The molecule has 0 saturated carbocycles. The molecule has 1 saturated heterocycles. The Balaban J connectivity index is 0.00000147. The first kappa shape index (κ1) is 15.7. The first-order valence-electron chi connectivity index (χ1n) is 6.75. The van der Waals surface area contributed by atoms with Gasteiger partial charge in [-0.3, -0.25) is 4.99 Å². The quantitative estimate of drug-likeness (QED) is 0.843. The van der Waals surface area contributed by atoms with Crippen LogP contribution in [0.4, 0.5) is 0 Å². The molecule has 1 aromatic rings. The van der Waals surface area contributed by atoms with Crippen LogP contribution in [0, 0.1) is 0 Å². The number of piperidine rings is 1. The zero-order valence-corrected chi connectivity index (χ0v) is 13.4. The molecule has 0 radical (unpaired) electrons. The van der Waals surface area contributed by atoms with Crippen LogP contribution in [0.3, 0.4) is 0 Å². The fourth-order valence-electron chi connectivity index (χ4n) is 2.73. The summed E-state index contributed by atoms with van der Waals surface area (Å²) in [5.41, 5.74) is 0.960. The molecule has 2 aliphatic heterocycles. The highest BCUT2D eigenvalue weighted by molar-refractivity contribution is 6.36. The van der Waals surface area contributed by atoms with Crippen molar-refractivity contribution in [1.82, 2.24) is 10.2 Å². The Morgan fingerprint density at radius 3 is 2.40 bits per heavy atom. The molecule has 0 aliphatic carbocycles. The first-order chi connectivity index (χ1) is 9.25. The molecule has 20 heavy (non-hydrogen) atoms. The Labute approximate surface area is 135 Å². The van der Waals surface area contributed by atoms with E-state index in [9.17, 15) is 0 Å². The average Bonchev–Trinajstić information content (AvgIpc) is 2.89. The molecule has 0 spiro atoms. The lowest BCUT2D eigenvalue weighted by atomic mass is 10.1. The number of nitrogens with zero attached hydrogens (tertiary/aromatic N) is 2. The molecule has 2 aliphatic rings. The normalized spacial score (nSPS) is 22.0. The van der Waals surface area contributed by atoms with Gasteiger partial charge in [-0.2, -0.15) is 0 Å². The minimum atomic E-state index is 0. The lowest BCUT2D eigenvalue weighted by molar-refractivity contribution is 0.333. The topological polar surface area (TPSA) is 27.6 Å². The van der Waals surface area contributed by atoms with Crippen LogP contribution in [-0.4, -0.2) is 30.5 Å². The lowest BCUT2D eigenvalue weighted by Crippen LogP contribution is -2.42. The van der Waals surface area contributed by atoms with Crippen LogP contribution < -0.4 is 5.32 Å². The molecule has 0 amide bonds. The van der Waals surface area contributed by atoms with Crippen molar-refractivity contribution < 1.29 is 0 Å². The molecule has 3 nitrogen and oxygen atoms in total. The molecule has 2 heterocycles. The Morgan fingerprint density at radius 1 is 1.10 bits per heavy atom. The number of likely N-dealkylation sites (tertiary alicyclic amines) is 1. The van der Waals surface area contributed by atoms with Gasteiger partial charge in [-0.25, -0.2) is 0 Å². The third kappa shape index (κ3) is 3.16. The zero-order chi connectivity index (χ0) is 13.2. The zero-order valence-electron chi connectivity index (χ0n) is 11.1. The van der Waals surface area contributed by atoms with Crippen LogP contribution in [0.1, 0.15) is 30.9 Å². The summed E-state index contributed by atoms with van der Waals surface area (Å²) in [7, 11) is 0. The largest absolute Gasteiger partial charge is 0.347 e. The van der Waals surface area contributed by atoms with E-state index in [1.54, 1.807) is 0 Å². The van der Waals surface area contributed by atoms with Gasteiger partial charge in [0, 0.05) is 28.7 Å². The second-order valence-electron chi connectivity index (χ2n) is 5.04. The van der Waals surface area contributed by atoms with E-state index in [0.717, 1.165) is 24.6 Å². The van der Waals surface area contributed by atoms with Gasteiger partial charge >= 0.3 is 0 Å².